The van der Waals surface area contributed by atoms with Crippen LogP contribution in [0.25, 0.3) is 10.2 Å². The predicted molar refractivity (Wildman–Crippen MR) is 102 cm³/mol. The van der Waals surface area contributed by atoms with Gasteiger partial charge in [-0.3, -0.25) is 0 Å². The molecule has 0 spiro atoms. The van der Waals surface area contributed by atoms with Crippen molar-refractivity contribution in [2.75, 3.05) is 26.7 Å². The zero-order valence-electron chi connectivity index (χ0n) is 14.3. The van der Waals surface area contributed by atoms with Crippen LogP contribution in [-0.2, 0) is 10.0 Å². The monoisotopic (exact) mass is 389 g/mol. The molecule has 1 fully saturated rings. The molecule has 0 amide bonds. The number of nitrogens with one attached hydrogen (secondary N) is 1. The molecule has 0 radical (unpaired) electrons. The summed E-state index contributed by atoms with van der Waals surface area (Å²) in [5.41, 5.74) is 3.41. The number of hydrogen-bond acceptors (Lipinski definition) is 6. The van der Waals surface area contributed by atoms with Crippen LogP contribution in [0.3, 0.4) is 0 Å². The molecule has 1 aliphatic rings. The molecule has 0 aliphatic carbocycles. The van der Waals surface area contributed by atoms with Crippen molar-refractivity contribution in [3.05, 3.63) is 53.5 Å². The molecule has 1 N–H and O–H groups in total. The van der Waals surface area contributed by atoms with Gasteiger partial charge in [-0.05, 0) is 24.3 Å². The van der Waals surface area contributed by atoms with Crippen LogP contribution >= 0.6 is 11.3 Å². The highest BCUT2D eigenvalue weighted by Gasteiger charge is 2.35. The van der Waals surface area contributed by atoms with Gasteiger partial charge in [0.15, 0.2) is 0 Å². The van der Waals surface area contributed by atoms with Gasteiger partial charge in [0.2, 0.25) is 10.0 Å². The highest BCUT2D eigenvalue weighted by molar-refractivity contribution is 7.89. The van der Waals surface area contributed by atoms with Crippen molar-refractivity contribution < 1.29 is 13.2 Å². The van der Waals surface area contributed by atoms with E-state index in [1.54, 1.807) is 35.1 Å². The minimum absolute atomic E-state index is 0.302. The smallest absolute Gasteiger partial charge is 0.243 e. The fourth-order valence-electron chi connectivity index (χ4n) is 3.31. The summed E-state index contributed by atoms with van der Waals surface area (Å²) in [6, 6.07) is 12.4. The number of thiazole rings is 1. The van der Waals surface area contributed by atoms with E-state index in [0.29, 0.717) is 30.3 Å². The number of fused-ring (bicyclic) bond motifs is 1. The molecular weight excluding hydrogens is 370 g/mol. The summed E-state index contributed by atoms with van der Waals surface area (Å²) in [5.74, 6) is 0.694. The summed E-state index contributed by atoms with van der Waals surface area (Å²) in [5, 5.41) is 3.29. The molecule has 0 saturated carbocycles. The average molecular weight is 390 g/mol. The van der Waals surface area contributed by atoms with Gasteiger partial charge < -0.3 is 10.1 Å². The molecule has 26 heavy (non-hydrogen) atoms. The lowest BCUT2D eigenvalue weighted by Gasteiger charge is -2.36. The Hall–Kier alpha value is -2.00. The normalized spacial score (nSPS) is 18.9. The largest absolute Gasteiger partial charge is 0.496 e. The number of para-hydroxylation sites is 1. The van der Waals surface area contributed by atoms with Crippen molar-refractivity contribution in [3.63, 3.8) is 0 Å². The average Bonchev–Trinajstić information content (AvgIpc) is 3.16. The van der Waals surface area contributed by atoms with E-state index in [-0.39, 0.29) is 6.04 Å². The zero-order valence-corrected chi connectivity index (χ0v) is 15.9. The van der Waals surface area contributed by atoms with E-state index in [2.05, 4.69) is 10.3 Å². The number of piperazine rings is 1. The second kappa shape index (κ2) is 6.96. The minimum Gasteiger partial charge on any atom is -0.496 e. The highest BCUT2D eigenvalue weighted by Crippen LogP contribution is 2.34. The maximum Gasteiger partial charge on any atom is 0.243 e. The molecule has 1 aromatic heterocycles. The number of hydrogen-bond donors (Lipinski definition) is 1. The Morgan fingerprint density at radius 1 is 1.27 bits per heavy atom. The fourth-order valence-corrected chi connectivity index (χ4v) is 5.73. The molecule has 1 saturated heterocycles. The molecule has 2 aromatic carbocycles. The molecule has 0 bridgehead atoms. The van der Waals surface area contributed by atoms with Gasteiger partial charge in [-0.2, -0.15) is 4.31 Å². The summed E-state index contributed by atoms with van der Waals surface area (Å²) in [6.45, 7) is 1.57. The Balaban J connectivity index is 1.77. The Bertz CT molecular complexity index is 1030. The van der Waals surface area contributed by atoms with Crippen molar-refractivity contribution in [1.82, 2.24) is 14.6 Å². The van der Waals surface area contributed by atoms with Gasteiger partial charge in [-0.1, -0.05) is 18.2 Å². The van der Waals surface area contributed by atoms with Gasteiger partial charge in [-0.15, -0.1) is 11.3 Å². The standard InChI is InChI=1S/C18H19N3O3S2/c1-24-17-5-3-2-4-14(17)16-11-19-8-9-21(16)26(22,23)13-6-7-15-18(10-13)25-12-20-15/h2-7,10,12,16,19H,8-9,11H2,1H3. The first-order valence-electron chi connectivity index (χ1n) is 8.30. The molecule has 8 heteroatoms. The van der Waals surface area contributed by atoms with Gasteiger partial charge in [0.05, 0.1) is 33.8 Å². The molecule has 136 valence electrons. The molecule has 1 aliphatic heterocycles. The summed E-state index contributed by atoms with van der Waals surface area (Å²) < 4.78 is 34.7. The fraction of sp³-hybridized carbons (Fsp3) is 0.278. The van der Waals surface area contributed by atoms with Crippen LogP contribution in [0.15, 0.2) is 52.9 Å². The maximum atomic E-state index is 13.4. The maximum absolute atomic E-state index is 13.4. The van der Waals surface area contributed by atoms with Gasteiger partial charge in [0.1, 0.15) is 5.75 Å². The minimum atomic E-state index is -3.64. The molecule has 4 rings (SSSR count). The summed E-state index contributed by atoms with van der Waals surface area (Å²) in [4.78, 5) is 4.53. The first-order valence-corrected chi connectivity index (χ1v) is 10.6. The number of aromatic nitrogens is 1. The lowest BCUT2D eigenvalue weighted by Crippen LogP contribution is -2.48. The number of methoxy groups -OCH3 is 1. The number of nitrogens with zero attached hydrogens (tertiary/aromatic N) is 2. The van der Waals surface area contributed by atoms with Crippen LogP contribution in [-0.4, -0.2) is 44.5 Å². The van der Waals surface area contributed by atoms with Gasteiger partial charge in [0.25, 0.3) is 0 Å². The second-order valence-electron chi connectivity index (χ2n) is 6.06. The summed E-state index contributed by atoms with van der Waals surface area (Å²) in [7, 11) is -2.03. The number of sulfonamides is 1. The summed E-state index contributed by atoms with van der Waals surface area (Å²) in [6.07, 6.45) is 0. The molecular formula is C18H19N3O3S2. The molecule has 1 atom stereocenters. The van der Waals surface area contributed by atoms with Crippen LogP contribution in [0.4, 0.5) is 0 Å². The van der Waals surface area contributed by atoms with Crippen molar-refractivity contribution >= 4 is 31.6 Å². The summed E-state index contributed by atoms with van der Waals surface area (Å²) >= 11 is 1.44. The number of rotatable bonds is 4. The van der Waals surface area contributed by atoms with Crippen LogP contribution in [0.5, 0.6) is 5.75 Å². The molecule has 3 aromatic rings. The molecule has 6 nitrogen and oxygen atoms in total. The number of ether oxygens (including phenoxy) is 1. The first kappa shape index (κ1) is 17.4. The Morgan fingerprint density at radius 2 is 2.12 bits per heavy atom. The van der Waals surface area contributed by atoms with Crippen molar-refractivity contribution in [2.45, 2.75) is 10.9 Å². The van der Waals surface area contributed by atoms with Gasteiger partial charge >= 0.3 is 0 Å². The third kappa shape index (κ3) is 2.99. The van der Waals surface area contributed by atoms with Gasteiger partial charge in [-0.25, -0.2) is 13.4 Å². The molecule has 2 heterocycles. The van der Waals surface area contributed by atoms with Crippen LogP contribution in [0.1, 0.15) is 11.6 Å². The Kier molecular flexibility index (Phi) is 4.66. The third-order valence-electron chi connectivity index (χ3n) is 4.60. The molecule has 1 unspecified atom stereocenters. The van der Waals surface area contributed by atoms with E-state index < -0.39 is 10.0 Å². The zero-order chi connectivity index (χ0) is 18.1. The highest BCUT2D eigenvalue weighted by atomic mass is 32.2. The Labute approximate surface area is 156 Å². The third-order valence-corrected chi connectivity index (χ3v) is 7.30. The van der Waals surface area contributed by atoms with E-state index in [1.165, 1.54) is 11.3 Å². The van der Waals surface area contributed by atoms with E-state index in [1.807, 2.05) is 24.3 Å². The van der Waals surface area contributed by atoms with Crippen molar-refractivity contribution in [1.29, 1.82) is 0 Å². The van der Waals surface area contributed by atoms with Crippen LogP contribution < -0.4 is 10.1 Å². The topological polar surface area (TPSA) is 71.5 Å². The van der Waals surface area contributed by atoms with Crippen LogP contribution in [0.2, 0.25) is 0 Å². The SMILES string of the molecule is COc1ccccc1C1CNCCN1S(=O)(=O)c1ccc2ncsc2c1. The second-order valence-corrected chi connectivity index (χ2v) is 8.84. The quantitative estimate of drug-likeness (QED) is 0.743. The predicted octanol–water partition coefficient (Wildman–Crippen LogP) is 2.64. The number of benzene rings is 2. The van der Waals surface area contributed by atoms with E-state index in [9.17, 15) is 8.42 Å². The van der Waals surface area contributed by atoms with Crippen molar-refractivity contribution in [3.8, 4) is 5.75 Å². The van der Waals surface area contributed by atoms with Crippen molar-refractivity contribution in [2.24, 2.45) is 0 Å². The van der Waals surface area contributed by atoms with E-state index in [4.69, 9.17) is 4.74 Å². The van der Waals surface area contributed by atoms with Gasteiger partial charge in [0, 0.05) is 25.2 Å². The lowest BCUT2D eigenvalue weighted by atomic mass is 10.0. The first-order chi connectivity index (χ1) is 12.6. The Morgan fingerprint density at radius 3 is 2.96 bits per heavy atom. The van der Waals surface area contributed by atoms with E-state index in [0.717, 1.165) is 15.8 Å². The lowest BCUT2D eigenvalue weighted by molar-refractivity contribution is 0.264. The van der Waals surface area contributed by atoms with Crippen LogP contribution in [0, 0.1) is 0 Å². The van der Waals surface area contributed by atoms with E-state index >= 15 is 0 Å².